The highest BCUT2D eigenvalue weighted by atomic mass is 16.3. The van der Waals surface area contributed by atoms with Crippen LogP contribution in [0.2, 0.25) is 0 Å². The Morgan fingerprint density at radius 3 is 2.31 bits per heavy atom. The van der Waals surface area contributed by atoms with Crippen molar-refractivity contribution in [1.29, 1.82) is 0 Å². The van der Waals surface area contributed by atoms with E-state index in [0.29, 0.717) is 0 Å². The van der Waals surface area contributed by atoms with Gasteiger partial charge in [-0.15, -0.1) is 0 Å². The molecule has 2 amide bonds. The van der Waals surface area contributed by atoms with Crippen molar-refractivity contribution in [1.82, 2.24) is 10.6 Å². The van der Waals surface area contributed by atoms with Crippen LogP contribution in [0.5, 0.6) is 0 Å². The maximum Gasteiger partial charge on any atom is 0.247 e. The van der Waals surface area contributed by atoms with Gasteiger partial charge in [0.2, 0.25) is 11.8 Å². The van der Waals surface area contributed by atoms with Crippen LogP contribution in [0.25, 0.3) is 0 Å². The zero-order valence-electron chi connectivity index (χ0n) is 9.82. The van der Waals surface area contributed by atoms with E-state index < -0.39 is 12.0 Å². The first kappa shape index (κ1) is 14.9. The molecule has 0 fully saturated rings. The van der Waals surface area contributed by atoms with Crippen LogP contribution in [-0.4, -0.2) is 42.2 Å². The minimum absolute atomic E-state index is 0.00826. The van der Waals surface area contributed by atoms with Crippen LogP contribution in [0.4, 0.5) is 0 Å². The predicted octanol–water partition coefficient (Wildman–Crippen LogP) is -1.27. The van der Waals surface area contributed by atoms with Gasteiger partial charge in [0.15, 0.2) is 0 Å². The zero-order chi connectivity index (χ0) is 12.6. The Labute approximate surface area is 95.6 Å². The second-order valence-electron chi connectivity index (χ2n) is 3.63. The summed E-state index contributed by atoms with van der Waals surface area (Å²) in [5, 5.41) is 14.5. The smallest absolute Gasteiger partial charge is 0.247 e. The number of carbonyl (C=O) groups is 2. The Bertz CT molecular complexity index is 229. The van der Waals surface area contributed by atoms with E-state index in [-0.39, 0.29) is 25.0 Å². The number of nitrogens with one attached hydrogen (secondary N) is 2. The van der Waals surface area contributed by atoms with E-state index in [2.05, 4.69) is 10.6 Å². The predicted molar refractivity (Wildman–Crippen MR) is 60.6 cm³/mol. The Hall–Kier alpha value is -1.14. The quantitative estimate of drug-likeness (QED) is 0.418. The molecule has 5 N–H and O–H groups in total. The van der Waals surface area contributed by atoms with Crippen LogP contribution < -0.4 is 16.4 Å². The normalized spacial score (nSPS) is 12.5. The van der Waals surface area contributed by atoms with E-state index in [4.69, 9.17) is 10.8 Å². The van der Waals surface area contributed by atoms with Crippen molar-refractivity contribution in [2.75, 3.05) is 13.1 Å². The molecule has 0 heterocycles. The topological polar surface area (TPSA) is 104 Å². The summed E-state index contributed by atoms with van der Waals surface area (Å²) in [7, 11) is 0. The number of amides is 2. The molecule has 6 nitrogen and oxygen atoms in total. The number of hydrogen-bond acceptors (Lipinski definition) is 4. The van der Waals surface area contributed by atoms with Crippen molar-refractivity contribution in [3.63, 3.8) is 0 Å². The van der Waals surface area contributed by atoms with Crippen LogP contribution in [0.1, 0.15) is 26.7 Å². The van der Waals surface area contributed by atoms with Crippen LogP contribution in [-0.2, 0) is 9.59 Å². The third-order valence-electron chi connectivity index (χ3n) is 2.30. The molecule has 0 saturated carbocycles. The van der Waals surface area contributed by atoms with Crippen LogP contribution in [0.15, 0.2) is 0 Å². The number of aliphatic hydroxyl groups is 1. The molecule has 0 radical (unpaired) electrons. The molecule has 16 heavy (non-hydrogen) atoms. The van der Waals surface area contributed by atoms with Crippen molar-refractivity contribution in [3.8, 4) is 0 Å². The summed E-state index contributed by atoms with van der Waals surface area (Å²) in [6.07, 6.45) is 0.513. The van der Waals surface area contributed by atoms with E-state index in [1.54, 1.807) is 0 Å². The maximum atomic E-state index is 11.4. The Morgan fingerprint density at radius 1 is 1.31 bits per heavy atom. The fourth-order valence-electron chi connectivity index (χ4n) is 1.19. The molecule has 94 valence electrons. The van der Waals surface area contributed by atoms with Crippen molar-refractivity contribution in [3.05, 3.63) is 0 Å². The lowest BCUT2D eigenvalue weighted by Gasteiger charge is -2.15. The van der Waals surface area contributed by atoms with E-state index in [1.165, 1.54) is 0 Å². The first-order chi connectivity index (χ1) is 7.51. The van der Waals surface area contributed by atoms with Gasteiger partial charge in [-0.05, 0) is 12.8 Å². The van der Waals surface area contributed by atoms with E-state index in [0.717, 1.165) is 12.8 Å². The van der Waals surface area contributed by atoms with Gasteiger partial charge in [0.1, 0.15) is 6.10 Å². The number of aliphatic hydroxyl groups excluding tert-OH is 1. The van der Waals surface area contributed by atoms with Gasteiger partial charge in [-0.25, -0.2) is 0 Å². The van der Waals surface area contributed by atoms with Gasteiger partial charge in [-0.2, -0.15) is 0 Å². The Balaban J connectivity index is 3.69. The Kier molecular flexibility index (Phi) is 7.49. The van der Waals surface area contributed by atoms with Crippen molar-refractivity contribution >= 4 is 11.8 Å². The van der Waals surface area contributed by atoms with Crippen molar-refractivity contribution in [2.45, 2.75) is 38.8 Å². The van der Waals surface area contributed by atoms with E-state index in [9.17, 15) is 9.59 Å². The molecule has 0 saturated heterocycles. The molecule has 0 aliphatic carbocycles. The molecule has 0 aromatic rings. The number of nitrogens with two attached hydrogens (primary N) is 1. The van der Waals surface area contributed by atoms with Crippen LogP contribution in [0, 0.1) is 0 Å². The second-order valence-corrected chi connectivity index (χ2v) is 3.63. The van der Waals surface area contributed by atoms with Gasteiger partial charge >= 0.3 is 0 Å². The van der Waals surface area contributed by atoms with Crippen LogP contribution >= 0.6 is 0 Å². The van der Waals surface area contributed by atoms with Gasteiger partial charge in [0, 0.05) is 12.6 Å². The highest BCUT2D eigenvalue weighted by Crippen LogP contribution is 1.94. The van der Waals surface area contributed by atoms with Crippen molar-refractivity contribution < 1.29 is 14.7 Å². The minimum Gasteiger partial charge on any atom is -0.382 e. The summed E-state index contributed by atoms with van der Waals surface area (Å²) in [5.74, 6) is -0.946. The van der Waals surface area contributed by atoms with Gasteiger partial charge in [-0.3, -0.25) is 9.59 Å². The molecule has 1 atom stereocenters. The van der Waals surface area contributed by atoms with Gasteiger partial charge in [-0.1, -0.05) is 13.8 Å². The lowest BCUT2D eigenvalue weighted by Crippen LogP contribution is -2.44. The van der Waals surface area contributed by atoms with Gasteiger partial charge in [0.05, 0.1) is 6.54 Å². The summed E-state index contributed by atoms with van der Waals surface area (Å²) in [5.41, 5.74) is 4.85. The first-order valence-electron chi connectivity index (χ1n) is 5.48. The van der Waals surface area contributed by atoms with E-state index in [1.807, 2.05) is 13.8 Å². The molecule has 0 aromatic carbocycles. The lowest BCUT2D eigenvalue weighted by atomic mass is 10.2. The summed E-state index contributed by atoms with van der Waals surface area (Å²) in [6.45, 7) is 4.06. The standard InChI is InChI=1S/C10H21N3O3/c1-3-7(4-2)13-9(15)6-12-5-8(14)10(11)16/h7-8,12,14H,3-6H2,1-2H3,(H2,11,16)(H,13,15). The number of rotatable bonds is 8. The molecule has 0 aliphatic rings. The largest absolute Gasteiger partial charge is 0.382 e. The SMILES string of the molecule is CCC(CC)NC(=O)CNCC(O)C(N)=O. The summed E-state index contributed by atoms with van der Waals surface area (Å²) < 4.78 is 0. The molecule has 0 aromatic heterocycles. The molecule has 1 unspecified atom stereocenters. The fourth-order valence-corrected chi connectivity index (χ4v) is 1.19. The second kappa shape index (κ2) is 8.06. The number of carbonyl (C=O) groups excluding carboxylic acids is 2. The molecule has 6 heteroatoms. The number of hydrogen-bond donors (Lipinski definition) is 4. The molecule has 0 rings (SSSR count). The molecule has 0 bridgehead atoms. The lowest BCUT2D eigenvalue weighted by molar-refractivity contribution is -0.126. The number of primary amides is 1. The highest BCUT2D eigenvalue weighted by molar-refractivity contribution is 5.79. The monoisotopic (exact) mass is 231 g/mol. The summed E-state index contributed by atoms with van der Waals surface area (Å²) in [4.78, 5) is 21.8. The maximum absolute atomic E-state index is 11.4. The first-order valence-corrected chi connectivity index (χ1v) is 5.48. The molecule has 0 aliphatic heterocycles. The highest BCUT2D eigenvalue weighted by Gasteiger charge is 2.11. The minimum atomic E-state index is -1.25. The average molecular weight is 231 g/mol. The van der Waals surface area contributed by atoms with E-state index >= 15 is 0 Å². The summed E-state index contributed by atoms with van der Waals surface area (Å²) >= 11 is 0. The fraction of sp³-hybridized carbons (Fsp3) is 0.800. The Morgan fingerprint density at radius 2 is 1.88 bits per heavy atom. The molecule has 0 spiro atoms. The third kappa shape index (κ3) is 6.36. The molecular weight excluding hydrogens is 210 g/mol. The molecular formula is C10H21N3O3. The zero-order valence-corrected chi connectivity index (χ0v) is 9.82. The average Bonchev–Trinajstić information content (AvgIpc) is 2.25. The van der Waals surface area contributed by atoms with Gasteiger partial charge in [0.25, 0.3) is 0 Å². The van der Waals surface area contributed by atoms with Crippen LogP contribution in [0.3, 0.4) is 0 Å². The third-order valence-corrected chi connectivity index (χ3v) is 2.30. The summed E-state index contributed by atoms with van der Waals surface area (Å²) in [6, 6.07) is 0.176. The van der Waals surface area contributed by atoms with Crippen molar-refractivity contribution in [2.24, 2.45) is 5.73 Å². The van der Waals surface area contributed by atoms with Gasteiger partial charge < -0.3 is 21.5 Å².